The summed E-state index contributed by atoms with van der Waals surface area (Å²) in [7, 11) is 0. The van der Waals surface area contributed by atoms with Crippen LogP contribution in [0, 0.1) is 0 Å². The molecular weight excluding hydrogens is 122 g/mol. The van der Waals surface area contributed by atoms with Crippen LogP contribution in [0.25, 0.3) is 0 Å². The minimum absolute atomic E-state index is 0. The SMILES string of the molecule is CCC=C(C)C.Cl.N. The minimum Gasteiger partial charge on any atom is -0.344 e. The predicted octanol–water partition coefficient (Wildman–Crippen LogP) is 2.95. The molecule has 2 heteroatoms. The molecule has 3 N–H and O–H groups in total. The van der Waals surface area contributed by atoms with Crippen molar-refractivity contribution in [2.24, 2.45) is 0 Å². The van der Waals surface area contributed by atoms with Crippen molar-refractivity contribution in [3.63, 3.8) is 0 Å². The van der Waals surface area contributed by atoms with Crippen LogP contribution in [-0.2, 0) is 0 Å². The largest absolute Gasteiger partial charge is 0.344 e. The summed E-state index contributed by atoms with van der Waals surface area (Å²) in [6, 6.07) is 0. The van der Waals surface area contributed by atoms with Crippen LogP contribution in [0.3, 0.4) is 0 Å². The van der Waals surface area contributed by atoms with Crippen molar-refractivity contribution in [3.05, 3.63) is 11.6 Å². The third-order valence-electron chi connectivity index (χ3n) is 0.612. The molecule has 0 spiro atoms. The van der Waals surface area contributed by atoms with E-state index in [1.165, 1.54) is 12.0 Å². The lowest BCUT2D eigenvalue weighted by Gasteiger charge is -1.80. The molecule has 0 atom stereocenters. The van der Waals surface area contributed by atoms with Gasteiger partial charge in [0.15, 0.2) is 0 Å². The lowest BCUT2D eigenvalue weighted by Crippen LogP contribution is -1.58. The molecule has 0 heterocycles. The zero-order chi connectivity index (χ0) is 4.99. The maximum atomic E-state index is 2.21. The first kappa shape index (κ1) is 15.7. The summed E-state index contributed by atoms with van der Waals surface area (Å²) >= 11 is 0. The molecule has 0 fully saturated rings. The van der Waals surface area contributed by atoms with Crippen LogP contribution in [0.1, 0.15) is 27.2 Å². The highest BCUT2D eigenvalue weighted by Gasteiger charge is 1.67. The van der Waals surface area contributed by atoms with Gasteiger partial charge in [-0.1, -0.05) is 18.6 Å². The summed E-state index contributed by atoms with van der Waals surface area (Å²) in [5, 5.41) is 0. The Labute approximate surface area is 58.2 Å². The second kappa shape index (κ2) is 10.1. The summed E-state index contributed by atoms with van der Waals surface area (Å²) in [5.41, 5.74) is 1.41. The molecule has 0 aliphatic heterocycles. The zero-order valence-electron chi connectivity index (χ0n) is 5.90. The van der Waals surface area contributed by atoms with E-state index in [0.29, 0.717) is 0 Å². The Bertz CT molecular complexity index is 55.5. The third-order valence-corrected chi connectivity index (χ3v) is 0.612. The quantitative estimate of drug-likeness (QED) is 0.555. The van der Waals surface area contributed by atoms with Gasteiger partial charge >= 0.3 is 0 Å². The first-order valence-corrected chi connectivity index (χ1v) is 2.40. The average molecular weight is 138 g/mol. The Kier molecular flexibility index (Phi) is 19.7. The van der Waals surface area contributed by atoms with Crippen molar-refractivity contribution in [1.29, 1.82) is 0 Å². The van der Waals surface area contributed by atoms with Crippen molar-refractivity contribution in [2.45, 2.75) is 27.2 Å². The molecule has 1 nitrogen and oxygen atoms in total. The molecule has 8 heavy (non-hydrogen) atoms. The molecule has 0 radical (unpaired) electrons. The van der Waals surface area contributed by atoms with E-state index in [0.717, 1.165) is 0 Å². The molecule has 0 saturated heterocycles. The fourth-order valence-electron chi connectivity index (χ4n) is 0.408. The van der Waals surface area contributed by atoms with E-state index in [1.54, 1.807) is 0 Å². The van der Waals surface area contributed by atoms with E-state index in [-0.39, 0.29) is 18.6 Å². The van der Waals surface area contributed by atoms with Gasteiger partial charge in [0.1, 0.15) is 0 Å². The highest BCUT2D eigenvalue weighted by atomic mass is 35.5. The van der Waals surface area contributed by atoms with Gasteiger partial charge in [0.25, 0.3) is 0 Å². The van der Waals surface area contributed by atoms with E-state index in [1.807, 2.05) is 0 Å². The predicted molar refractivity (Wildman–Crippen MR) is 42.0 cm³/mol. The van der Waals surface area contributed by atoms with Gasteiger partial charge in [-0.05, 0) is 20.3 Å². The normalized spacial score (nSPS) is 5.88. The highest BCUT2D eigenvalue weighted by molar-refractivity contribution is 5.85. The van der Waals surface area contributed by atoms with Gasteiger partial charge < -0.3 is 6.15 Å². The van der Waals surface area contributed by atoms with Crippen LogP contribution in [0.4, 0.5) is 0 Å². The summed E-state index contributed by atoms with van der Waals surface area (Å²) in [6.45, 7) is 6.38. The van der Waals surface area contributed by atoms with Crippen molar-refractivity contribution in [3.8, 4) is 0 Å². The van der Waals surface area contributed by atoms with Gasteiger partial charge in [0.2, 0.25) is 0 Å². The van der Waals surface area contributed by atoms with E-state index >= 15 is 0 Å². The lowest BCUT2D eigenvalue weighted by molar-refractivity contribution is 1.18. The van der Waals surface area contributed by atoms with E-state index in [9.17, 15) is 0 Å². The Balaban J connectivity index is -0.000000125. The van der Waals surface area contributed by atoms with Crippen molar-refractivity contribution in [2.75, 3.05) is 0 Å². The summed E-state index contributed by atoms with van der Waals surface area (Å²) in [5.74, 6) is 0. The number of hydrogen-bond acceptors (Lipinski definition) is 1. The smallest absolute Gasteiger partial charge is 0.0377 e. The zero-order valence-corrected chi connectivity index (χ0v) is 6.72. The molecule has 0 rings (SSSR count). The number of halogens is 1. The monoisotopic (exact) mass is 137 g/mol. The molecule has 0 aliphatic carbocycles. The van der Waals surface area contributed by atoms with Gasteiger partial charge in [0.05, 0.1) is 0 Å². The van der Waals surface area contributed by atoms with E-state index in [4.69, 9.17) is 0 Å². The molecule has 0 aromatic rings. The second-order valence-electron chi connectivity index (χ2n) is 1.69. The van der Waals surface area contributed by atoms with E-state index < -0.39 is 0 Å². The van der Waals surface area contributed by atoms with Gasteiger partial charge in [-0.15, -0.1) is 12.4 Å². The molecule has 52 valence electrons. The Morgan fingerprint density at radius 3 is 1.75 bits per heavy atom. The molecule has 0 aromatic heterocycles. The molecule has 0 saturated carbocycles. The summed E-state index contributed by atoms with van der Waals surface area (Å²) in [6.07, 6.45) is 3.38. The van der Waals surface area contributed by atoms with Crippen molar-refractivity contribution < 1.29 is 0 Å². The fourth-order valence-corrected chi connectivity index (χ4v) is 0.408. The van der Waals surface area contributed by atoms with Crippen molar-refractivity contribution >= 4 is 12.4 Å². The molecule has 0 unspecified atom stereocenters. The van der Waals surface area contributed by atoms with Gasteiger partial charge in [-0.2, -0.15) is 0 Å². The third kappa shape index (κ3) is 16.7. The second-order valence-corrected chi connectivity index (χ2v) is 1.69. The van der Waals surface area contributed by atoms with Gasteiger partial charge in [-0.3, -0.25) is 0 Å². The minimum atomic E-state index is 0. The summed E-state index contributed by atoms with van der Waals surface area (Å²) in [4.78, 5) is 0. The van der Waals surface area contributed by atoms with Gasteiger partial charge in [-0.25, -0.2) is 0 Å². The van der Waals surface area contributed by atoms with Crippen LogP contribution < -0.4 is 6.15 Å². The molecule has 0 amide bonds. The van der Waals surface area contributed by atoms with Crippen molar-refractivity contribution in [1.82, 2.24) is 6.15 Å². The van der Waals surface area contributed by atoms with Crippen LogP contribution in [0.15, 0.2) is 11.6 Å². The first-order chi connectivity index (χ1) is 2.77. The Hall–Kier alpha value is -0.0100. The van der Waals surface area contributed by atoms with Gasteiger partial charge in [0, 0.05) is 0 Å². The molecule has 0 aromatic carbocycles. The molecular formula is C6H16ClN. The van der Waals surface area contributed by atoms with E-state index in [2.05, 4.69) is 26.8 Å². The highest BCUT2D eigenvalue weighted by Crippen LogP contribution is 1.88. The van der Waals surface area contributed by atoms with Crippen LogP contribution >= 0.6 is 12.4 Å². The topological polar surface area (TPSA) is 35.0 Å². The summed E-state index contributed by atoms with van der Waals surface area (Å²) < 4.78 is 0. The maximum Gasteiger partial charge on any atom is -0.0377 e. The number of rotatable bonds is 1. The van der Waals surface area contributed by atoms with Crippen LogP contribution in [0.5, 0.6) is 0 Å². The fraction of sp³-hybridized carbons (Fsp3) is 0.667. The number of hydrogen-bond donors (Lipinski definition) is 1. The first-order valence-electron chi connectivity index (χ1n) is 2.40. The molecule has 0 bridgehead atoms. The van der Waals surface area contributed by atoms with Crippen LogP contribution in [-0.4, -0.2) is 0 Å². The Morgan fingerprint density at radius 2 is 1.75 bits per heavy atom. The lowest BCUT2D eigenvalue weighted by atomic mass is 10.3. The average Bonchev–Trinajstić information content (AvgIpc) is 1.35. The maximum absolute atomic E-state index is 2.21. The number of allylic oxidation sites excluding steroid dienone is 2. The Morgan fingerprint density at radius 1 is 1.38 bits per heavy atom. The van der Waals surface area contributed by atoms with Crippen LogP contribution in [0.2, 0.25) is 0 Å². The molecule has 0 aliphatic rings. The standard InChI is InChI=1S/C6H12.ClH.H3N/c1-4-5-6(2)3;;/h5H,4H2,1-3H3;1H;1H3.